The van der Waals surface area contributed by atoms with Crippen molar-refractivity contribution in [1.82, 2.24) is 14.8 Å². The average molecular weight is 204 g/mol. The summed E-state index contributed by atoms with van der Waals surface area (Å²) in [6, 6.07) is 3.73. The Morgan fingerprint density at radius 2 is 2.07 bits per heavy atom. The maximum absolute atomic E-state index is 11.4. The van der Waals surface area contributed by atoms with E-state index in [0.29, 0.717) is 5.69 Å². The van der Waals surface area contributed by atoms with Crippen molar-refractivity contribution in [3.05, 3.63) is 40.1 Å². The van der Waals surface area contributed by atoms with Gasteiger partial charge >= 0.3 is 5.69 Å². The highest BCUT2D eigenvalue weighted by molar-refractivity contribution is 5.57. The van der Waals surface area contributed by atoms with E-state index in [2.05, 4.69) is 10.2 Å². The van der Waals surface area contributed by atoms with Gasteiger partial charge in [0.05, 0.1) is 5.69 Å². The summed E-state index contributed by atoms with van der Waals surface area (Å²) in [6.45, 7) is 3.87. The molecule has 5 nitrogen and oxygen atoms in total. The topological polar surface area (TPSA) is 76.7 Å². The zero-order chi connectivity index (χ0) is 11.0. The van der Waals surface area contributed by atoms with Crippen molar-refractivity contribution >= 4 is 5.69 Å². The molecule has 0 atom stereocenters. The number of nitrogens with one attached hydrogen (secondary N) is 1. The molecular formula is C10H12N4O. The van der Waals surface area contributed by atoms with E-state index in [1.165, 1.54) is 10.9 Å². The summed E-state index contributed by atoms with van der Waals surface area (Å²) in [5.74, 6) is 0. The number of nitrogen functional groups attached to an aromatic ring is 1. The molecule has 2 aromatic rings. The number of aromatic nitrogens is 3. The molecule has 1 aromatic heterocycles. The Kier molecular flexibility index (Phi) is 2.07. The van der Waals surface area contributed by atoms with Gasteiger partial charge in [-0.05, 0) is 31.0 Å². The number of aromatic amines is 1. The molecule has 0 radical (unpaired) electrons. The Hall–Kier alpha value is -2.04. The first-order chi connectivity index (χ1) is 7.09. The van der Waals surface area contributed by atoms with E-state index in [-0.39, 0.29) is 5.69 Å². The highest BCUT2D eigenvalue weighted by Crippen LogP contribution is 2.19. The number of rotatable bonds is 1. The van der Waals surface area contributed by atoms with E-state index in [9.17, 15) is 4.79 Å². The molecule has 0 aliphatic carbocycles. The molecule has 78 valence electrons. The normalized spacial score (nSPS) is 10.5. The zero-order valence-electron chi connectivity index (χ0n) is 8.61. The number of H-pyrrole nitrogens is 1. The average Bonchev–Trinajstić information content (AvgIpc) is 2.58. The molecule has 0 unspecified atom stereocenters. The third-order valence-electron chi connectivity index (χ3n) is 2.40. The number of anilines is 1. The smallest absolute Gasteiger partial charge is 0.347 e. The summed E-state index contributed by atoms with van der Waals surface area (Å²) in [6.07, 6.45) is 1.44. The molecule has 0 bridgehead atoms. The molecule has 0 spiro atoms. The zero-order valence-corrected chi connectivity index (χ0v) is 8.61. The molecule has 3 N–H and O–H groups in total. The van der Waals surface area contributed by atoms with Gasteiger partial charge in [-0.1, -0.05) is 6.07 Å². The van der Waals surface area contributed by atoms with Crippen molar-refractivity contribution in [3.8, 4) is 5.69 Å². The van der Waals surface area contributed by atoms with Gasteiger partial charge in [-0.2, -0.15) is 5.10 Å². The van der Waals surface area contributed by atoms with Crippen LogP contribution in [0.25, 0.3) is 5.69 Å². The highest BCUT2D eigenvalue weighted by atomic mass is 16.1. The third kappa shape index (κ3) is 1.52. The van der Waals surface area contributed by atoms with Crippen molar-refractivity contribution < 1.29 is 0 Å². The Morgan fingerprint density at radius 3 is 2.67 bits per heavy atom. The number of benzene rings is 1. The molecule has 0 amide bonds. The Labute approximate surface area is 86.5 Å². The van der Waals surface area contributed by atoms with Crippen LogP contribution < -0.4 is 11.4 Å². The van der Waals surface area contributed by atoms with Crippen LogP contribution in [-0.4, -0.2) is 14.8 Å². The molecule has 0 aliphatic rings. The standard InChI is InChI=1S/C10H12N4O/c1-6-3-7(2)9(4-8(6)11)14-5-12-13-10(14)15/h3-5H,11H2,1-2H3,(H,13,15). The molecular weight excluding hydrogens is 192 g/mol. The molecule has 15 heavy (non-hydrogen) atoms. The minimum absolute atomic E-state index is 0.263. The summed E-state index contributed by atoms with van der Waals surface area (Å²) in [7, 11) is 0. The van der Waals surface area contributed by atoms with Crippen LogP contribution in [0.1, 0.15) is 11.1 Å². The first-order valence-corrected chi connectivity index (χ1v) is 4.58. The monoisotopic (exact) mass is 204 g/mol. The van der Waals surface area contributed by atoms with Crippen molar-refractivity contribution in [3.63, 3.8) is 0 Å². The fourth-order valence-corrected chi connectivity index (χ4v) is 1.54. The first kappa shape index (κ1) is 9.51. The lowest BCUT2D eigenvalue weighted by molar-refractivity contribution is 0.972. The highest BCUT2D eigenvalue weighted by Gasteiger charge is 2.06. The van der Waals surface area contributed by atoms with Gasteiger partial charge in [0.1, 0.15) is 6.33 Å². The van der Waals surface area contributed by atoms with Gasteiger partial charge in [-0.25, -0.2) is 14.5 Å². The summed E-state index contributed by atoms with van der Waals surface area (Å²) >= 11 is 0. The van der Waals surface area contributed by atoms with Crippen LogP contribution in [-0.2, 0) is 0 Å². The lowest BCUT2D eigenvalue weighted by Crippen LogP contribution is -2.15. The van der Waals surface area contributed by atoms with Gasteiger partial charge in [0.25, 0.3) is 0 Å². The maximum atomic E-state index is 11.4. The van der Waals surface area contributed by atoms with Crippen molar-refractivity contribution in [2.75, 3.05) is 5.73 Å². The lowest BCUT2D eigenvalue weighted by Gasteiger charge is -2.08. The molecule has 2 rings (SSSR count). The summed E-state index contributed by atoms with van der Waals surface area (Å²) in [5.41, 5.74) is 8.97. The molecule has 0 aliphatic heterocycles. The Balaban J connectivity index is 2.69. The van der Waals surface area contributed by atoms with Crippen LogP contribution in [0.5, 0.6) is 0 Å². The second kappa shape index (κ2) is 3.27. The minimum atomic E-state index is -0.263. The van der Waals surface area contributed by atoms with Crippen LogP contribution >= 0.6 is 0 Å². The van der Waals surface area contributed by atoms with E-state index >= 15 is 0 Å². The van der Waals surface area contributed by atoms with Gasteiger partial charge in [-0.15, -0.1) is 0 Å². The largest absolute Gasteiger partial charge is 0.398 e. The fraction of sp³-hybridized carbons (Fsp3) is 0.200. The van der Waals surface area contributed by atoms with Crippen LogP contribution in [0.15, 0.2) is 23.3 Å². The number of nitrogens with zero attached hydrogens (tertiary/aromatic N) is 2. The second-order valence-electron chi connectivity index (χ2n) is 3.53. The van der Waals surface area contributed by atoms with Crippen molar-refractivity contribution in [2.45, 2.75) is 13.8 Å². The SMILES string of the molecule is Cc1cc(C)c(-n2cn[nH]c2=O)cc1N. The number of hydrogen-bond acceptors (Lipinski definition) is 3. The Morgan fingerprint density at radius 1 is 1.33 bits per heavy atom. The minimum Gasteiger partial charge on any atom is -0.398 e. The predicted octanol–water partition coefficient (Wildman–Crippen LogP) is 0.760. The number of aryl methyl sites for hydroxylation is 2. The Bertz CT molecular complexity index is 553. The quantitative estimate of drug-likeness (QED) is 0.673. The van der Waals surface area contributed by atoms with E-state index in [4.69, 9.17) is 5.73 Å². The van der Waals surface area contributed by atoms with Crippen LogP contribution in [0.4, 0.5) is 5.69 Å². The molecule has 5 heteroatoms. The second-order valence-corrected chi connectivity index (χ2v) is 3.53. The fourth-order valence-electron chi connectivity index (χ4n) is 1.54. The van der Waals surface area contributed by atoms with Crippen LogP contribution in [0.3, 0.4) is 0 Å². The van der Waals surface area contributed by atoms with Crippen LogP contribution in [0, 0.1) is 13.8 Å². The summed E-state index contributed by atoms with van der Waals surface area (Å²) < 4.78 is 1.44. The van der Waals surface area contributed by atoms with E-state index < -0.39 is 0 Å². The van der Waals surface area contributed by atoms with E-state index in [1.54, 1.807) is 6.07 Å². The first-order valence-electron chi connectivity index (χ1n) is 4.58. The van der Waals surface area contributed by atoms with E-state index in [0.717, 1.165) is 16.8 Å². The summed E-state index contributed by atoms with van der Waals surface area (Å²) in [4.78, 5) is 11.4. The van der Waals surface area contributed by atoms with Crippen molar-refractivity contribution in [2.24, 2.45) is 0 Å². The lowest BCUT2D eigenvalue weighted by atomic mass is 10.1. The van der Waals surface area contributed by atoms with Crippen LogP contribution in [0.2, 0.25) is 0 Å². The van der Waals surface area contributed by atoms with Crippen molar-refractivity contribution in [1.29, 1.82) is 0 Å². The van der Waals surface area contributed by atoms with Gasteiger partial charge < -0.3 is 5.73 Å². The van der Waals surface area contributed by atoms with Gasteiger partial charge in [-0.3, -0.25) is 0 Å². The number of nitrogens with two attached hydrogens (primary N) is 1. The van der Waals surface area contributed by atoms with E-state index in [1.807, 2.05) is 19.9 Å². The molecule has 0 fully saturated rings. The number of hydrogen-bond donors (Lipinski definition) is 2. The predicted molar refractivity (Wildman–Crippen MR) is 58.1 cm³/mol. The molecule has 0 saturated heterocycles. The molecule has 0 saturated carbocycles. The third-order valence-corrected chi connectivity index (χ3v) is 2.40. The van der Waals surface area contributed by atoms with Gasteiger partial charge in [0, 0.05) is 5.69 Å². The maximum Gasteiger partial charge on any atom is 0.347 e. The molecule has 1 aromatic carbocycles. The summed E-state index contributed by atoms with van der Waals surface area (Å²) in [5, 5.41) is 6.02. The van der Waals surface area contributed by atoms with Gasteiger partial charge in [0.2, 0.25) is 0 Å². The molecule has 1 heterocycles. The van der Waals surface area contributed by atoms with Gasteiger partial charge in [0.15, 0.2) is 0 Å².